The topological polar surface area (TPSA) is 199 Å². The van der Waals surface area contributed by atoms with E-state index in [0.29, 0.717) is 44.9 Å². The van der Waals surface area contributed by atoms with Crippen LogP contribution in [0.25, 0.3) is 44.6 Å². The SMILES string of the molecule is C.CC1CC(N2CC(CC#N)(n3cc(-c4ncnc5c4ccn5COCC[Si](C)(C)C)cn3)C2)CCN1C(=O)OC(C)(C)C.CC1CCCC(N2CC(CC#N)(n3cc(-c4ncnc5c4ccn5COCC[Si](C)(C)C)cn3)C2)C1. The average molecular weight is 1130 g/mol. The molecule has 432 valence electrons. The van der Waals surface area contributed by atoms with E-state index in [1.807, 2.05) is 81.2 Å². The molecule has 0 spiro atoms. The largest absolute Gasteiger partial charge is 0.444 e. The maximum Gasteiger partial charge on any atom is 0.410 e. The zero-order chi connectivity index (χ0) is 56.3. The molecule has 19 nitrogen and oxygen atoms in total. The number of amides is 1. The smallest absolute Gasteiger partial charge is 0.410 e. The standard InChI is InChI=1S/C31H46N8O3Si.C27H39N7OSi.CH4/c1-23-16-25(8-13-38(23)29(40)42-30(2,3)4)37-19-31(20-37,10-11-32)39-18-24(17-35-39)27-26-9-12-36(28(26)34-21-33-27)22-41-14-15-43(5,6)7;1-21-6-5-7-23(14-21)33-17-27(18-33,9-10-28)34-16-22(15-31-34)25-24-8-11-32(26(24)30-19-29-25)20-35-12-13-36(2,3)4;/h9,12,17-18,21,23,25H,8,10,13-16,19-20,22H2,1-7H3;8,11,15-16,19,21,23H,5-7,9,12-14,17-18,20H2,1-4H3;1H4. The summed E-state index contributed by atoms with van der Waals surface area (Å²) >= 11 is 0. The molecule has 4 unspecified atom stereocenters. The highest BCUT2D eigenvalue weighted by Crippen LogP contribution is 2.41. The van der Waals surface area contributed by atoms with Crippen LogP contribution in [-0.4, -0.2) is 155 Å². The fourth-order valence-electron chi connectivity index (χ4n) is 11.9. The van der Waals surface area contributed by atoms with Gasteiger partial charge in [0.2, 0.25) is 0 Å². The predicted molar refractivity (Wildman–Crippen MR) is 319 cm³/mol. The number of nitrogens with zero attached hydrogens (tertiary/aromatic N) is 15. The van der Waals surface area contributed by atoms with Crippen LogP contribution in [0.15, 0.2) is 62.0 Å². The Kier molecular flexibility index (Phi) is 18.6. The maximum atomic E-state index is 12.7. The fraction of sp³-hybridized carbons (Fsp3) is 0.644. The van der Waals surface area contributed by atoms with Gasteiger partial charge in [0.05, 0.1) is 48.8 Å². The van der Waals surface area contributed by atoms with E-state index in [4.69, 9.17) is 24.4 Å². The van der Waals surface area contributed by atoms with E-state index < -0.39 is 21.7 Å². The van der Waals surface area contributed by atoms with Crippen molar-refractivity contribution in [3.05, 3.63) is 62.0 Å². The Morgan fingerprint density at radius 2 is 1.18 bits per heavy atom. The van der Waals surface area contributed by atoms with Crippen molar-refractivity contribution in [2.45, 2.75) is 193 Å². The lowest BCUT2D eigenvalue weighted by Crippen LogP contribution is -2.67. The second-order valence-corrected chi connectivity index (χ2v) is 37.8. The minimum Gasteiger partial charge on any atom is -0.444 e. The summed E-state index contributed by atoms with van der Waals surface area (Å²) in [6, 6.07) is 12.3. The third-order valence-corrected chi connectivity index (χ3v) is 19.9. The van der Waals surface area contributed by atoms with Crippen molar-refractivity contribution in [1.29, 1.82) is 10.5 Å². The number of ether oxygens (including phenoxy) is 3. The number of nitriles is 2. The van der Waals surface area contributed by atoms with Gasteiger partial charge in [0.25, 0.3) is 0 Å². The normalized spacial score (nSPS) is 21.4. The molecule has 0 bridgehead atoms. The molecule has 6 aromatic heterocycles. The quantitative estimate of drug-likeness (QED) is 0.0581. The minimum atomic E-state index is -1.15. The molecular formula is C59H89N15O4Si2. The number of piperidine rings is 1. The third kappa shape index (κ3) is 13.9. The van der Waals surface area contributed by atoms with Gasteiger partial charge in [-0.1, -0.05) is 66.5 Å². The highest BCUT2D eigenvalue weighted by atomic mass is 28.3. The van der Waals surface area contributed by atoms with E-state index in [0.717, 1.165) is 115 Å². The number of hydrogen-bond donors (Lipinski definition) is 0. The number of likely N-dealkylation sites (tertiary alicyclic amines) is 3. The first-order valence-electron chi connectivity index (χ1n) is 28.6. The first kappa shape index (κ1) is 60.3. The van der Waals surface area contributed by atoms with Gasteiger partial charge in [0.1, 0.15) is 54.1 Å². The summed E-state index contributed by atoms with van der Waals surface area (Å²) in [5, 5.41) is 30.8. The van der Waals surface area contributed by atoms with Gasteiger partial charge in [-0.25, -0.2) is 24.7 Å². The van der Waals surface area contributed by atoms with Crippen molar-refractivity contribution in [3.63, 3.8) is 0 Å². The highest BCUT2D eigenvalue weighted by Gasteiger charge is 2.50. The molecule has 4 aliphatic rings. The monoisotopic (exact) mass is 1130 g/mol. The van der Waals surface area contributed by atoms with E-state index in [-0.39, 0.29) is 30.6 Å². The van der Waals surface area contributed by atoms with Crippen molar-refractivity contribution < 1.29 is 19.0 Å². The van der Waals surface area contributed by atoms with Crippen LogP contribution in [0, 0.1) is 28.6 Å². The van der Waals surface area contributed by atoms with Gasteiger partial charge in [-0.15, -0.1) is 0 Å². The summed E-state index contributed by atoms with van der Waals surface area (Å²) in [5.41, 5.74) is 4.11. The van der Waals surface area contributed by atoms with Crippen LogP contribution in [0.3, 0.4) is 0 Å². The Labute approximate surface area is 476 Å². The van der Waals surface area contributed by atoms with E-state index >= 15 is 0 Å². The van der Waals surface area contributed by atoms with Gasteiger partial charge < -0.3 is 28.2 Å². The van der Waals surface area contributed by atoms with Crippen LogP contribution in [0.1, 0.15) is 93.4 Å². The van der Waals surface area contributed by atoms with Crippen LogP contribution >= 0.6 is 0 Å². The van der Waals surface area contributed by atoms with Crippen molar-refractivity contribution in [1.82, 2.24) is 63.3 Å². The number of carbonyl (C=O) groups excluding carboxylic acids is 1. The lowest BCUT2D eigenvalue weighted by atomic mass is 9.80. The molecule has 1 amide bonds. The van der Waals surface area contributed by atoms with Crippen molar-refractivity contribution in [3.8, 4) is 34.7 Å². The fourth-order valence-corrected chi connectivity index (χ4v) is 13.4. The van der Waals surface area contributed by atoms with Crippen LogP contribution < -0.4 is 0 Å². The summed E-state index contributed by atoms with van der Waals surface area (Å²) in [4.78, 5) is 37.8. The Bertz CT molecular complexity index is 3120. The summed E-state index contributed by atoms with van der Waals surface area (Å²) in [6.07, 6.45) is 22.6. The van der Waals surface area contributed by atoms with Gasteiger partial charge in [0.15, 0.2) is 0 Å². The Hall–Kier alpha value is -5.82. The number of carbonyl (C=O) groups is 1. The molecule has 6 aromatic rings. The molecule has 1 saturated carbocycles. The summed E-state index contributed by atoms with van der Waals surface area (Å²) in [5.74, 6) is 0.796. The Morgan fingerprint density at radius 1 is 0.700 bits per heavy atom. The first-order chi connectivity index (χ1) is 37.6. The van der Waals surface area contributed by atoms with Gasteiger partial charge in [0, 0.05) is 127 Å². The number of rotatable bonds is 18. The molecule has 4 atom stereocenters. The van der Waals surface area contributed by atoms with E-state index in [9.17, 15) is 15.3 Å². The van der Waals surface area contributed by atoms with E-state index in [1.165, 1.54) is 25.7 Å². The Morgan fingerprint density at radius 3 is 1.60 bits per heavy atom. The molecule has 4 fully saturated rings. The van der Waals surface area contributed by atoms with Crippen molar-refractivity contribution >= 4 is 44.3 Å². The molecule has 0 N–H and O–H groups in total. The zero-order valence-corrected chi connectivity index (χ0v) is 50.9. The van der Waals surface area contributed by atoms with Gasteiger partial charge in [-0.05, 0) is 83.5 Å². The van der Waals surface area contributed by atoms with Crippen molar-refractivity contribution in [2.24, 2.45) is 5.92 Å². The number of fused-ring (bicyclic) bond motifs is 2. The lowest BCUT2D eigenvalue weighted by molar-refractivity contribution is -0.0541. The molecule has 9 heterocycles. The van der Waals surface area contributed by atoms with Gasteiger partial charge in [-0.2, -0.15) is 20.7 Å². The highest BCUT2D eigenvalue weighted by molar-refractivity contribution is 6.76. The molecule has 21 heteroatoms. The zero-order valence-electron chi connectivity index (χ0n) is 48.9. The maximum absolute atomic E-state index is 12.7. The predicted octanol–water partition coefficient (Wildman–Crippen LogP) is 11.1. The Balaban J connectivity index is 0.000000211. The number of hydrogen-bond acceptors (Lipinski definition) is 14. The minimum absolute atomic E-state index is 0. The van der Waals surface area contributed by atoms with Gasteiger partial charge in [-0.3, -0.25) is 19.2 Å². The molecule has 80 heavy (non-hydrogen) atoms. The molecular weight excluding hydrogens is 1040 g/mol. The summed E-state index contributed by atoms with van der Waals surface area (Å²) in [7, 11) is -2.26. The second kappa shape index (κ2) is 24.7. The molecule has 0 radical (unpaired) electrons. The molecule has 10 rings (SSSR count). The average Bonchev–Trinajstić information content (AvgIpc) is 4.38. The van der Waals surface area contributed by atoms with Crippen LogP contribution in [0.4, 0.5) is 4.79 Å². The second-order valence-electron chi connectivity index (χ2n) is 26.6. The molecule has 3 saturated heterocycles. The first-order valence-corrected chi connectivity index (χ1v) is 36.1. The van der Waals surface area contributed by atoms with E-state index in [1.54, 1.807) is 12.7 Å². The number of aromatic nitrogens is 10. The van der Waals surface area contributed by atoms with Gasteiger partial charge >= 0.3 is 6.09 Å². The molecule has 0 aromatic carbocycles. The van der Waals surface area contributed by atoms with Crippen LogP contribution in [0.2, 0.25) is 51.4 Å². The summed E-state index contributed by atoms with van der Waals surface area (Å²) in [6.45, 7) is 30.7. The lowest BCUT2D eigenvalue weighted by Gasteiger charge is -2.54. The van der Waals surface area contributed by atoms with Crippen LogP contribution in [0.5, 0.6) is 0 Å². The van der Waals surface area contributed by atoms with Crippen LogP contribution in [-0.2, 0) is 38.8 Å². The van der Waals surface area contributed by atoms with E-state index in [2.05, 4.69) is 107 Å². The summed E-state index contributed by atoms with van der Waals surface area (Å²) < 4.78 is 25.6. The molecule has 3 aliphatic heterocycles. The molecule has 1 aliphatic carbocycles. The third-order valence-electron chi connectivity index (χ3n) is 16.5. The van der Waals surface area contributed by atoms with Crippen molar-refractivity contribution in [2.75, 3.05) is 45.9 Å².